The SMILES string of the molecule is Cc1cc(Br)cc(C)c1NS(=O)(=O)c1cc(CN)n(C)c1. The highest BCUT2D eigenvalue weighted by atomic mass is 79.9. The zero-order valence-corrected chi connectivity index (χ0v) is 14.5. The molecular weight excluding hydrogens is 354 g/mol. The molecule has 5 nitrogen and oxygen atoms in total. The van der Waals surface area contributed by atoms with Crippen molar-refractivity contribution in [2.75, 3.05) is 4.72 Å². The van der Waals surface area contributed by atoms with Gasteiger partial charge >= 0.3 is 0 Å². The number of rotatable bonds is 4. The lowest BCUT2D eigenvalue weighted by Gasteiger charge is -2.13. The molecule has 0 amide bonds. The van der Waals surface area contributed by atoms with Crippen molar-refractivity contribution >= 4 is 31.6 Å². The summed E-state index contributed by atoms with van der Waals surface area (Å²) in [6.07, 6.45) is 1.56. The van der Waals surface area contributed by atoms with Crippen LogP contribution in [0.25, 0.3) is 0 Å². The quantitative estimate of drug-likeness (QED) is 0.866. The number of anilines is 1. The highest BCUT2D eigenvalue weighted by Gasteiger charge is 2.19. The fourth-order valence-corrected chi connectivity index (χ4v) is 4.18. The number of aryl methyl sites for hydroxylation is 3. The average molecular weight is 372 g/mol. The Labute approximate surface area is 133 Å². The van der Waals surface area contributed by atoms with Crippen molar-refractivity contribution in [3.8, 4) is 0 Å². The molecule has 0 radical (unpaired) electrons. The van der Waals surface area contributed by atoms with Gasteiger partial charge in [-0.1, -0.05) is 15.9 Å². The largest absolute Gasteiger partial charge is 0.352 e. The van der Waals surface area contributed by atoms with Gasteiger partial charge in [-0.15, -0.1) is 0 Å². The first-order chi connectivity index (χ1) is 9.74. The molecular formula is C14H18BrN3O2S. The molecule has 0 aliphatic carbocycles. The Kier molecular flexibility index (Phi) is 4.46. The molecule has 2 aromatic rings. The van der Waals surface area contributed by atoms with Crippen molar-refractivity contribution in [1.29, 1.82) is 0 Å². The summed E-state index contributed by atoms with van der Waals surface area (Å²) in [5, 5.41) is 0. The molecule has 0 aliphatic rings. The summed E-state index contributed by atoms with van der Waals surface area (Å²) in [6.45, 7) is 4.03. The highest BCUT2D eigenvalue weighted by molar-refractivity contribution is 9.10. The van der Waals surface area contributed by atoms with Gasteiger partial charge in [0.25, 0.3) is 10.0 Å². The first-order valence-corrected chi connectivity index (χ1v) is 8.67. The van der Waals surface area contributed by atoms with Gasteiger partial charge in [0.05, 0.1) is 5.69 Å². The third kappa shape index (κ3) is 3.30. The van der Waals surface area contributed by atoms with Crippen molar-refractivity contribution in [3.05, 3.63) is 45.7 Å². The molecule has 1 aromatic heterocycles. The maximum atomic E-state index is 12.5. The summed E-state index contributed by atoms with van der Waals surface area (Å²) < 4.78 is 30.3. The van der Waals surface area contributed by atoms with Crippen molar-refractivity contribution < 1.29 is 8.42 Å². The van der Waals surface area contributed by atoms with Gasteiger partial charge in [0.1, 0.15) is 4.90 Å². The lowest BCUT2D eigenvalue weighted by atomic mass is 10.1. The molecule has 1 aromatic carbocycles. The summed E-state index contributed by atoms with van der Waals surface area (Å²) in [7, 11) is -1.85. The van der Waals surface area contributed by atoms with Crippen LogP contribution in [0.1, 0.15) is 16.8 Å². The standard InChI is InChI=1S/C14H18BrN3O2S/c1-9-4-11(15)5-10(2)14(9)17-21(19,20)13-6-12(7-16)18(3)8-13/h4-6,8,17H,7,16H2,1-3H3. The van der Waals surface area contributed by atoms with E-state index in [9.17, 15) is 8.42 Å². The fraction of sp³-hybridized carbons (Fsp3) is 0.286. The first kappa shape index (κ1) is 16.1. The second-order valence-corrected chi connectivity index (χ2v) is 7.60. The van der Waals surface area contributed by atoms with E-state index in [1.165, 1.54) is 0 Å². The summed E-state index contributed by atoms with van der Waals surface area (Å²) in [6, 6.07) is 5.34. The Morgan fingerprint density at radius 3 is 2.29 bits per heavy atom. The Bertz CT molecular complexity index is 759. The topological polar surface area (TPSA) is 77.1 Å². The maximum absolute atomic E-state index is 12.5. The monoisotopic (exact) mass is 371 g/mol. The predicted octanol–water partition coefficient (Wildman–Crippen LogP) is 2.66. The minimum atomic E-state index is -3.62. The van der Waals surface area contributed by atoms with E-state index in [-0.39, 0.29) is 4.90 Å². The van der Waals surface area contributed by atoms with Crippen molar-refractivity contribution in [2.24, 2.45) is 12.8 Å². The smallest absolute Gasteiger partial charge is 0.263 e. The number of benzene rings is 1. The first-order valence-electron chi connectivity index (χ1n) is 6.39. The lowest BCUT2D eigenvalue weighted by molar-refractivity contribution is 0.601. The Hall–Kier alpha value is -1.31. The normalized spacial score (nSPS) is 11.7. The zero-order valence-electron chi connectivity index (χ0n) is 12.1. The highest BCUT2D eigenvalue weighted by Crippen LogP contribution is 2.27. The number of nitrogens with two attached hydrogens (primary N) is 1. The van der Waals surface area contributed by atoms with Crippen LogP contribution in [0.15, 0.2) is 33.8 Å². The van der Waals surface area contributed by atoms with Gasteiger partial charge in [-0.3, -0.25) is 4.72 Å². The van der Waals surface area contributed by atoms with Crippen LogP contribution in [0.2, 0.25) is 0 Å². The molecule has 0 saturated carbocycles. The Morgan fingerprint density at radius 1 is 1.24 bits per heavy atom. The number of hydrogen-bond acceptors (Lipinski definition) is 3. The summed E-state index contributed by atoms with van der Waals surface area (Å²) in [5.41, 5.74) is 8.68. The summed E-state index contributed by atoms with van der Waals surface area (Å²) in [5.74, 6) is 0. The van der Waals surface area contributed by atoms with Crippen LogP contribution in [0, 0.1) is 13.8 Å². The molecule has 114 valence electrons. The molecule has 0 aliphatic heterocycles. The molecule has 0 fully saturated rings. The molecule has 3 N–H and O–H groups in total. The third-order valence-electron chi connectivity index (χ3n) is 3.34. The predicted molar refractivity (Wildman–Crippen MR) is 87.7 cm³/mol. The second kappa shape index (κ2) is 5.82. The van der Waals surface area contributed by atoms with Crippen LogP contribution in [-0.4, -0.2) is 13.0 Å². The van der Waals surface area contributed by atoms with Crippen LogP contribution < -0.4 is 10.5 Å². The Balaban J connectivity index is 2.42. The number of nitrogens with one attached hydrogen (secondary N) is 1. The molecule has 0 unspecified atom stereocenters. The van der Waals surface area contributed by atoms with Gasteiger partial charge in [0.15, 0.2) is 0 Å². The van der Waals surface area contributed by atoms with Crippen LogP contribution in [-0.2, 0) is 23.6 Å². The van der Waals surface area contributed by atoms with Gasteiger partial charge in [-0.2, -0.15) is 0 Å². The van der Waals surface area contributed by atoms with E-state index < -0.39 is 10.0 Å². The lowest BCUT2D eigenvalue weighted by Crippen LogP contribution is -2.14. The molecule has 0 atom stereocenters. The maximum Gasteiger partial charge on any atom is 0.263 e. The van der Waals surface area contributed by atoms with E-state index in [0.29, 0.717) is 12.2 Å². The van der Waals surface area contributed by atoms with Gasteiger partial charge in [0, 0.05) is 30.0 Å². The van der Waals surface area contributed by atoms with E-state index in [1.807, 2.05) is 26.0 Å². The third-order valence-corrected chi connectivity index (χ3v) is 5.11. The van der Waals surface area contributed by atoms with E-state index in [0.717, 1.165) is 21.3 Å². The van der Waals surface area contributed by atoms with Crippen LogP contribution in [0.5, 0.6) is 0 Å². The number of hydrogen-bond donors (Lipinski definition) is 2. The fourth-order valence-electron chi connectivity index (χ4n) is 2.19. The number of nitrogens with zero attached hydrogens (tertiary/aromatic N) is 1. The number of sulfonamides is 1. The minimum Gasteiger partial charge on any atom is -0.352 e. The Morgan fingerprint density at radius 2 is 1.81 bits per heavy atom. The van der Waals surface area contributed by atoms with Crippen LogP contribution in [0.3, 0.4) is 0 Å². The average Bonchev–Trinajstić information content (AvgIpc) is 2.76. The molecule has 0 bridgehead atoms. The van der Waals surface area contributed by atoms with Crippen LogP contribution >= 0.6 is 15.9 Å². The van der Waals surface area contributed by atoms with Crippen molar-refractivity contribution in [3.63, 3.8) is 0 Å². The van der Waals surface area contributed by atoms with Gasteiger partial charge in [-0.25, -0.2) is 8.42 Å². The number of aromatic nitrogens is 1. The second-order valence-electron chi connectivity index (χ2n) is 5.00. The molecule has 1 heterocycles. The van der Waals surface area contributed by atoms with E-state index in [2.05, 4.69) is 20.7 Å². The zero-order chi connectivity index (χ0) is 15.8. The molecule has 0 saturated heterocycles. The van der Waals surface area contributed by atoms with E-state index in [1.54, 1.807) is 23.9 Å². The number of halogens is 1. The summed E-state index contributed by atoms with van der Waals surface area (Å²) >= 11 is 3.40. The van der Waals surface area contributed by atoms with E-state index >= 15 is 0 Å². The van der Waals surface area contributed by atoms with E-state index in [4.69, 9.17) is 5.73 Å². The molecule has 2 rings (SSSR count). The molecule has 7 heteroatoms. The van der Waals surface area contributed by atoms with Gasteiger partial charge in [-0.05, 0) is 43.2 Å². The molecule has 0 spiro atoms. The van der Waals surface area contributed by atoms with Gasteiger partial charge < -0.3 is 10.3 Å². The minimum absolute atomic E-state index is 0.215. The van der Waals surface area contributed by atoms with Crippen molar-refractivity contribution in [1.82, 2.24) is 4.57 Å². The van der Waals surface area contributed by atoms with Crippen LogP contribution in [0.4, 0.5) is 5.69 Å². The van der Waals surface area contributed by atoms with Crippen molar-refractivity contribution in [2.45, 2.75) is 25.3 Å². The molecule has 21 heavy (non-hydrogen) atoms. The van der Waals surface area contributed by atoms with Gasteiger partial charge in [0.2, 0.25) is 0 Å². The summed E-state index contributed by atoms with van der Waals surface area (Å²) in [4.78, 5) is 0.215.